The zero-order valence-electron chi connectivity index (χ0n) is 7.78. The maximum Gasteiger partial charge on any atom is 0.307 e. The molecule has 0 fully saturated rings. The predicted octanol–water partition coefficient (Wildman–Crippen LogP) is 1.10. The number of pyridine rings is 1. The molecule has 1 aromatic rings. The molecule has 15 heavy (non-hydrogen) atoms. The number of aromatic nitrogens is 1. The summed E-state index contributed by atoms with van der Waals surface area (Å²) >= 11 is 0. The zero-order valence-corrected chi connectivity index (χ0v) is 7.78. The molecule has 0 aliphatic rings. The largest absolute Gasteiger partial charge is 0.481 e. The van der Waals surface area contributed by atoms with Gasteiger partial charge in [-0.1, -0.05) is 0 Å². The monoisotopic (exact) mass is 216 g/mol. The van der Waals surface area contributed by atoms with E-state index < -0.39 is 18.8 Å². The molecule has 0 unspecified atom stereocenters. The second-order valence-corrected chi connectivity index (χ2v) is 2.95. The molecule has 0 amide bonds. The molecular weight excluding hydrogens is 206 g/mol. The maximum atomic E-state index is 12.6. The van der Waals surface area contributed by atoms with Gasteiger partial charge < -0.3 is 10.8 Å². The number of nitrogens with two attached hydrogens (primary N) is 1. The number of halogens is 2. The Morgan fingerprint density at radius 2 is 2.07 bits per heavy atom. The number of nitrogens with zero attached hydrogens (tertiary/aromatic N) is 1. The highest BCUT2D eigenvalue weighted by molar-refractivity contribution is 5.70. The molecule has 1 heterocycles. The highest BCUT2D eigenvalue weighted by Crippen LogP contribution is 2.26. The lowest BCUT2D eigenvalue weighted by Gasteiger charge is -2.10. The topological polar surface area (TPSA) is 76.2 Å². The molecule has 0 saturated heterocycles. The number of hydrogen-bond acceptors (Lipinski definition) is 3. The van der Waals surface area contributed by atoms with Crippen molar-refractivity contribution in [3.63, 3.8) is 0 Å². The van der Waals surface area contributed by atoms with Crippen LogP contribution in [0.3, 0.4) is 0 Å². The van der Waals surface area contributed by atoms with E-state index in [4.69, 9.17) is 10.8 Å². The summed E-state index contributed by atoms with van der Waals surface area (Å²) in [6.07, 6.45) is -0.844. The molecule has 0 aromatic carbocycles. The van der Waals surface area contributed by atoms with E-state index in [1.54, 1.807) is 0 Å². The molecular formula is C9H10F2N2O2. The summed E-state index contributed by atoms with van der Waals surface area (Å²) in [5.74, 6) is -1.17. The van der Waals surface area contributed by atoms with Crippen molar-refractivity contribution < 1.29 is 18.7 Å². The Morgan fingerprint density at radius 1 is 1.47 bits per heavy atom. The lowest BCUT2D eigenvalue weighted by atomic mass is 10.0. The van der Waals surface area contributed by atoms with Gasteiger partial charge in [-0.05, 0) is 11.1 Å². The van der Waals surface area contributed by atoms with Gasteiger partial charge in [-0.15, -0.1) is 0 Å². The van der Waals surface area contributed by atoms with Gasteiger partial charge in [0.1, 0.15) is 0 Å². The molecule has 1 aromatic heterocycles. The van der Waals surface area contributed by atoms with E-state index in [9.17, 15) is 13.6 Å². The molecule has 0 saturated carbocycles. The number of carbonyl (C=O) groups is 1. The molecule has 0 bridgehead atoms. The number of carboxylic acid groups (broad SMARTS) is 1. The number of hydrogen-bond donors (Lipinski definition) is 2. The van der Waals surface area contributed by atoms with Crippen LogP contribution in [0.5, 0.6) is 0 Å². The maximum absolute atomic E-state index is 12.6. The third-order valence-electron chi connectivity index (χ3n) is 1.93. The van der Waals surface area contributed by atoms with Gasteiger partial charge in [0.15, 0.2) is 0 Å². The van der Waals surface area contributed by atoms with Gasteiger partial charge in [-0.3, -0.25) is 9.78 Å². The van der Waals surface area contributed by atoms with Gasteiger partial charge in [0.2, 0.25) is 0 Å². The van der Waals surface area contributed by atoms with Crippen LogP contribution in [0.25, 0.3) is 0 Å². The van der Waals surface area contributed by atoms with E-state index in [0.717, 1.165) is 6.20 Å². The van der Waals surface area contributed by atoms with Gasteiger partial charge >= 0.3 is 5.97 Å². The van der Waals surface area contributed by atoms with Crippen molar-refractivity contribution in [2.45, 2.75) is 19.4 Å². The summed E-state index contributed by atoms with van der Waals surface area (Å²) < 4.78 is 25.3. The van der Waals surface area contributed by atoms with Gasteiger partial charge in [0.25, 0.3) is 6.43 Å². The van der Waals surface area contributed by atoms with E-state index in [0.29, 0.717) is 0 Å². The Morgan fingerprint density at radius 3 is 2.53 bits per heavy atom. The number of alkyl halides is 2. The predicted molar refractivity (Wildman–Crippen MR) is 48.4 cm³/mol. The highest BCUT2D eigenvalue weighted by atomic mass is 19.3. The van der Waals surface area contributed by atoms with E-state index >= 15 is 0 Å². The fraction of sp³-hybridized carbons (Fsp3) is 0.333. The first-order valence-corrected chi connectivity index (χ1v) is 4.22. The normalized spacial score (nSPS) is 10.7. The fourth-order valence-corrected chi connectivity index (χ4v) is 1.31. The second kappa shape index (κ2) is 4.79. The standard InChI is InChI=1S/C9H10F2N2O2/c10-9(11)8-5(1-7(14)15)3-13-4-6(8)2-12/h3-4,9H,1-2,12H2,(H,14,15). The Balaban J connectivity index is 3.19. The summed E-state index contributed by atoms with van der Waals surface area (Å²) in [7, 11) is 0. The smallest absolute Gasteiger partial charge is 0.307 e. The van der Waals surface area contributed by atoms with Crippen molar-refractivity contribution in [2.24, 2.45) is 5.73 Å². The molecule has 6 heteroatoms. The van der Waals surface area contributed by atoms with Crippen LogP contribution < -0.4 is 5.73 Å². The molecule has 0 aliphatic heterocycles. The highest BCUT2D eigenvalue weighted by Gasteiger charge is 2.18. The molecule has 0 radical (unpaired) electrons. The van der Waals surface area contributed by atoms with Crippen molar-refractivity contribution in [2.75, 3.05) is 0 Å². The van der Waals surface area contributed by atoms with Crippen molar-refractivity contribution >= 4 is 5.97 Å². The Bertz CT molecular complexity index is 369. The van der Waals surface area contributed by atoms with Crippen LogP contribution >= 0.6 is 0 Å². The van der Waals surface area contributed by atoms with Crippen molar-refractivity contribution in [3.8, 4) is 0 Å². The Labute approximate surface area is 84.7 Å². The van der Waals surface area contributed by atoms with Crippen LogP contribution in [0.2, 0.25) is 0 Å². The number of carboxylic acids is 1. The third-order valence-corrected chi connectivity index (χ3v) is 1.93. The SMILES string of the molecule is NCc1cncc(CC(=O)O)c1C(F)F. The minimum absolute atomic E-state index is 0.0143. The van der Waals surface area contributed by atoms with Crippen LogP contribution in [0, 0.1) is 0 Å². The Hall–Kier alpha value is -1.56. The quantitative estimate of drug-likeness (QED) is 0.790. The van der Waals surface area contributed by atoms with Gasteiger partial charge in [-0.25, -0.2) is 8.78 Å². The first-order valence-electron chi connectivity index (χ1n) is 4.22. The number of aliphatic carboxylic acids is 1. The zero-order chi connectivity index (χ0) is 11.4. The molecule has 0 aliphatic carbocycles. The molecule has 1 rings (SSSR count). The molecule has 0 atom stereocenters. The lowest BCUT2D eigenvalue weighted by molar-refractivity contribution is -0.136. The van der Waals surface area contributed by atoms with Gasteiger partial charge in [0.05, 0.1) is 6.42 Å². The van der Waals surface area contributed by atoms with Crippen molar-refractivity contribution in [1.82, 2.24) is 4.98 Å². The average molecular weight is 216 g/mol. The van der Waals surface area contributed by atoms with Crippen LogP contribution in [-0.2, 0) is 17.8 Å². The van der Waals surface area contributed by atoms with Crippen molar-refractivity contribution in [3.05, 3.63) is 29.1 Å². The third kappa shape index (κ3) is 2.69. The lowest BCUT2D eigenvalue weighted by Crippen LogP contribution is -2.10. The second-order valence-electron chi connectivity index (χ2n) is 2.95. The fourth-order valence-electron chi connectivity index (χ4n) is 1.31. The molecule has 0 spiro atoms. The van der Waals surface area contributed by atoms with Crippen molar-refractivity contribution in [1.29, 1.82) is 0 Å². The van der Waals surface area contributed by atoms with Crippen LogP contribution in [-0.4, -0.2) is 16.1 Å². The Kier molecular flexibility index (Phi) is 3.68. The summed E-state index contributed by atoms with van der Waals surface area (Å²) in [6.45, 7) is -0.0832. The van der Waals surface area contributed by atoms with Crippen LogP contribution in [0.4, 0.5) is 8.78 Å². The molecule has 3 N–H and O–H groups in total. The minimum atomic E-state index is -2.74. The van der Waals surface area contributed by atoms with Crippen LogP contribution in [0.15, 0.2) is 12.4 Å². The summed E-state index contributed by atoms with van der Waals surface area (Å²) in [6, 6.07) is 0. The summed E-state index contributed by atoms with van der Waals surface area (Å²) in [5.41, 5.74) is 5.16. The molecule has 4 nitrogen and oxygen atoms in total. The first-order chi connectivity index (χ1) is 7.06. The van der Waals surface area contributed by atoms with Crippen LogP contribution in [0.1, 0.15) is 23.1 Å². The summed E-state index contributed by atoms with van der Waals surface area (Å²) in [5, 5.41) is 8.53. The number of rotatable bonds is 4. The summed E-state index contributed by atoms with van der Waals surface area (Å²) in [4.78, 5) is 14.1. The molecule has 82 valence electrons. The van der Waals surface area contributed by atoms with Gasteiger partial charge in [0, 0.05) is 24.5 Å². The van der Waals surface area contributed by atoms with E-state index in [2.05, 4.69) is 4.98 Å². The minimum Gasteiger partial charge on any atom is -0.481 e. The van der Waals surface area contributed by atoms with E-state index in [1.807, 2.05) is 0 Å². The van der Waals surface area contributed by atoms with E-state index in [-0.39, 0.29) is 23.2 Å². The van der Waals surface area contributed by atoms with E-state index in [1.165, 1.54) is 6.20 Å². The van der Waals surface area contributed by atoms with Gasteiger partial charge in [-0.2, -0.15) is 0 Å². The first kappa shape index (κ1) is 11.5. The average Bonchev–Trinajstić information content (AvgIpc) is 2.15.